The van der Waals surface area contributed by atoms with Crippen molar-refractivity contribution in [2.24, 2.45) is 0 Å². The van der Waals surface area contributed by atoms with E-state index in [0.29, 0.717) is 12.2 Å². The number of carbonyl (C=O) groups excluding carboxylic acids is 1. The molecule has 0 aromatic heterocycles. The van der Waals surface area contributed by atoms with E-state index < -0.39 is 0 Å². The van der Waals surface area contributed by atoms with Crippen LogP contribution in [0.2, 0.25) is 0 Å². The first kappa shape index (κ1) is 18.1. The third-order valence-corrected chi connectivity index (χ3v) is 5.59. The first-order valence-corrected chi connectivity index (χ1v) is 9.23. The van der Waals surface area contributed by atoms with E-state index in [0.717, 1.165) is 44.6 Å². The van der Waals surface area contributed by atoms with Crippen molar-refractivity contribution in [2.45, 2.75) is 38.1 Å². The fourth-order valence-corrected chi connectivity index (χ4v) is 4.15. The third-order valence-electron chi connectivity index (χ3n) is 5.59. The molecule has 25 heavy (non-hydrogen) atoms. The number of nitrogens with one attached hydrogen (secondary N) is 2. The van der Waals surface area contributed by atoms with Crippen LogP contribution < -0.4 is 10.6 Å². The Bertz CT molecular complexity index is 587. The van der Waals surface area contributed by atoms with Crippen molar-refractivity contribution < 1.29 is 9.18 Å². The van der Waals surface area contributed by atoms with E-state index in [1.54, 1.807) is 6.07 Å². The number of hydrogen-bond donors (Lipinski definition) is 2. The third kappa shape index (κ3) is 4.50. The zero-order valence-corrected chi connectivity index (χ0v) is 15.3. The molecule has 2 fully saturated rings. The lowest BCUT2D eigenvalue weighted by molar-refractivity contribution is 0.0446. The molecule has 0 spiro atoms. The normalized spacial score (nSPS) is 21.2. The van der Waals surface area contributed by atoms with Crippen molar-refractivity contribution in [1.29, 1.82) is 0 Å². The average Bonchev–Trinajstić information content (AvgIpc) is 3.03. The minimum absolute atomic E-state index is 0.0798. The Morgan fingerprint density at radius 2 is 1.84 bits per heavy atom. The SMILES string of the molecule is Cc1cc(F)cc(NC(=O)NCC2(N3CCN(C)CC3)CCCC2)c1. The summed E-state index contributed by atoms with van der Waals surface area (Å²) in [5.41, 5.74) is 1.37. The van der Waals surface area contributed by atoms with Gasteiger partial charge in [-0.25, -0.2) is 9.18 Å². The average molecular weight is 348 g/mol. The van der Waals surface area contributed by atoms with Gasteiger partial charge in [-0.05, 0) is 50.6 Å². The number of hydrogen-bond acceptors (Lipinski definition) is 3. The van der Waals surface area contributed by atoms with Crippen LogP contribution in [0.1, 0.15) is 31.2 Å². The predicted molar refractivity (Wildman–Crippen MR) is 98.4 cm³/mol. The number of anilines is 1. The molecule has 1 aliphatic heterocycles. The van der Waals surface area contributed by atoms with Crippen LogP contribution in [-0.2, 0) is 0 Å². The molecule has 0 bridgehead atoms. The van der Waals surface area contributed by atoms with Crippen LogP contribution in [0.25, 0.3) is 0 Å². The van der Waals surface area contributed by atoms with Crippen molar-refractivity contribution in [3.63, 3.8) is 0 Å². The summed E-state index contributed by atoms with van der Waals surface area (Å²) in [5, 5.41) is 5.79. The molecule has 3 rings (SSSR count). The Balaban J connectivity index is 1.58. The summed E-state index contributed by atoms with van der Waals surface area (Å²) in [6.07, 6.45) is 4.71. The van der Waals surface area contributed by atoms with E-state index in [4.69, 9.17) is 0 Å². The van der Waals surface area contributed by atoms with Crippen LogP contribution in [0.3, 0.4) is 0 Å². The molecule has 0 atom stereocenters. The smallest absolute Gasteiger partial charge is 0.319 e. The molecule has 1 saturated heterocycles. The topological polar surface area (TPSA) is 47.6 Å². The molecule has 2 amide bonds. The Hall–Kier alpha value is -1.66. The summed E-state index contributed by atoms with van der Waals surface area (Å²) in [5.74, 6) is -0.333. The molecular weight excluding hydrogens is 319 g/mol. The van der Waals surface area contributed by atoms with E-state index in [1.165, 1.54) is 25.0 Å². The van der Waals surface area contributed by atoms with Gasteiger partial charge in [0.05, 0.1) is 0 Å². The minimum Gasteiger partial charge on any atom is -0.336 e. The van der Waals surface area contributed by atoms with Crippen molar-refractivity contribution in [3.05, 3.63) is 29.6 Å². The predicted octanol–water partition coefficient (Wildman–Crippen LogP) is 2.82. The molecule has 2 aliphatic rings. The van der Waals surface area contributed by atoms with Gasteiger partial charge >= 0.3 is 6.03 Å². The molecule has 1 saturated carbocycles. The Labute approximate surface area is 149 Å². The highest BCUT2D eigenvalue weighted by atomic mass is 19.1. The van der Waals surface area contributed by atoms with Crippen LogP contribution in [-0.4, -0.2) is 61.1 Å². The van der Waals surface area contributed by atoms with Gasteiger partial charge in [-0.15, -0.1) is 0 Å². The summed E-state index contributed by atoms with van der Waals surface area (Å²) in [6, 6.07) is 4.31. The monoisotopic (exact) mass is 348 g/mol. The number of carbonyl (C=O) groups is 1. The van der Waals surface area contributed by atoms with Crippen molar-refractivity contribution >= 4 is 11.7 Å². The van der Waals surface area contributed by atoms with Crippen LogP contribution in [0.4, 0.5) is 14.9 Å². The van der Waals surface area contributed by atoms with Crippen molar-refractivity contribution in [1.82, 2.24) is 15.1 Å². The second-order valence-corrected chi connectivity index (χ2v) is 7.55. The van der Waals surface area contributed by atoms with Gasteiger partial charge in [-0.1, -0.05) is 12.8 Å². The molecule has 1 aromatic carbocycles. The number of benzene rings is 1. The zero-order chi connectivity index (χ0) is 17.9. The molecular formula is C19H29FN4O. The molecule has 138 valence electrons. The second kappa shape index (κ2) is 7.70. The van der Waals surface area contributed by atoms with Crippen LogP contribution >= 0.6 is 0 Å². The molecule has 0 unspecified atom stereocenters. The van der Waals surface area contributed by atoms with Crippen LogP contribution in [0.15, 0.2) is 18.2 Å². The highest BCUT2D eigenvalue weighted by Crippen LogP contribution is 2.35. The highest BCUT2D eigenvalue weighted by Gasteiger charge is 2.40. The number of nitrogens with zero attached hydrogens (tertiary/aromatic N) is 2. The van der Waals surface area contributed by atoms with E-state index in [2.05, 4.69) is 27.5 Å². The summed E-state index contributed by atoms with van der Waals surface area (Å²) in [4.78, 5) is 17.2. The van der Waals surface area contributed by atoms with E-state index in [9.17, 15) is 9.18 Å². The van der Waals surface area contributed by atoms with Gasteiger partial charge in [-0.2, -0.15) is 0 Å². The van der Waals surface area contributed by atoms with Gasteiger partial charge in [0.25, 0.3) is 0 Å². The van der Waals surface area contributed by atoms with Gasteiger partial charge in [0.15, 0.2) is 0 Å². The van der Waals surface area contributed by atoms with Gasteiger partial charge < -0.3 is 15.5 Å². The maximum absolute atomic E-state index is 13.5. The summed E-state index contributed by atoms with van der Waals surface area (Å²) in [6.45, 7) is 6.74. The maximum atomic E-state index is 13.5. The first-order valence-electron chi connectivity index (χ1n) is 9.23. The molecule has 6 heteroatoms. The van der Waals surface area contributed by atoms with Gasteiger partial charge in [-0.3, -0.25) is 4.90 Å². The van der Waals surface area contributed by atoms with Gasteiger partial charge in [0.1, 0.15) is 5.82 Å². The fraction of sp³-hybridized carbons (Fsp3) is 0.632. The van der Waals surface area contributed by atoms with E-state index in [1.807, 2.05) is 6.92 Å². The second-order valence-electron chi connectivity index (χ2n) is 7.55. The molecule has 0 radical (unpaired) electrons. The van der Waals surface area contributed by atoms with Crippen molar-refractivity contribution in [3.8, 4) is 0 Å². The van der Waals surface area contributed by atoms with Gasteiger partial charge in [0.2, 0.25) is 0 Å². The van der Waals surface area contributed by atoms with Crippen LogP contribution in [0.5, 0.6) is 0 Å². The minimum atomic E-state index is -0.333. The van der Waals surface area contributed by atoms with E-state index in [-0.39, 0.29) is 17.4 Å². The lowest BCUT2D eigenvalue weighted by atomic mass is 9.94. The number of urea groups is 1. The Kier molecular flexibility index (Phi) is 5.59. The first-order chi connectivity index (χ1) is 12.0. The Morgan fingerprint density at radius 3 is 2.48 bits per heavy atom. The molecule has 5 nitrogen and oxygen atoms in total. The fourth-order valence-electron chi connectivity index (χ4n) is 4.15. The summed E-state index contributed by atoms with van der Waals surface area (Å²) in [7, 11) is 2.16. The number of rotatable bonds is 4. The van der Waals surface area contributed by atoms with E-state index >= 15 is 0 Å². The number of likely N-dealkylation sites (N-methyl/N-ethyl adjacent to an activating group) is 1. The molecule has 1 aromatic rings. The highest BCUT2D eigenvalue weighted by molar-refractivity contribution is 5.89. The lowest BCUT2D eigenvalue weighted by Crippen LogP contribution is -2.59. The maximum Gasteiger partial charge on any atom is 0.319 e. The largest absolute Gasteiger partial charge is 0.336 e. The molecule has 1 heterocycles. The van der Waals surface area contributed by atoms with Gasteiger partial charge in [0, 0.05) is 44.0 Å². The Morgan fingerprint density at radius 1 is 1.16 bits per heavy atom. The number of aryl methyl sites for hydroxylation is 1. The number of amides is 2. The molecule has 2 N–H and O–H groups in total. The van der Waals surface area contributed by atoms with Crippen LogP contribution in [0, 0.1) is 12.7 Å². The quantitative estimate of drug-likeness (QED) is 0.880. The standard InChI is InChI=1S/C19H29FN4O/c1-15-11-16(20)13-17(12-15)22-18(25)21-14-19(5-3-4-6-19)24-9-7-23(2)8-10-24/h11-13H,3-10,14H2,1-2H3,(H2,21,22,25). The molecule has 1 aliphatic carbocycles. The van der Waals surface area contributed by atoms with Crippen molar-refractivity contribution in [2.75, 3.05) is 45.1 Å². The zero-order valence-electron chi connectivity index (χ0n) is 15.3. The number of halogens is 1. The summed E-state index contributed by atoms with van der Waals surface area (Å²) < 4.78 is 13.5. The number of piperazine rings is 1. The summed E-state index contributed by atoms with van der Waals surface area (Å²) >= 11 is 0. The lowest BCUT2D eigenvalue weighted by Gasteiger charge is -2.45.